The van der Waals surface area contributed by atoms with E-state index in [4.69, 9.17) is 9.47 Å². The number of carbonyl (C=O) groups excluding carboxylic acids is 1. The largest absolute Gasteiger partial charge is 0.493 e. The van der Waals surface area contributed by atoms with Gasteiger partial charge >= 0.3 is 0 Å². The number of aromatic nitrogens is 2. The quantitative estimate of drug-likeness (QED) is 0.519. The first-order valence-electron chi connectivity index (χ1n) is 8.30. The number of nitrogens with zero attached hydrogens (tertiary/aromatic N) is 2. The molecule has 7 heteroatoms. The zero-order valence-electron chi connectivity index (χ0n) is 15.3. The van der Waals surface area contributed by atoms with Crippen molar-refractivity contribution in [1.29, 1.82) is 0 Å². The second-order valence-electron chi connectivity index (χ2n) is 5.74. The molecule has 2 N–H and O–H groups in total. The average Bonchev–Trinajstić information content (AvgIpc) is 3.22. The van der Waals surface area contributed by atoms with Crippen LogP contribution >= 0.6 is 0 Å². The summed E-state index contributed by atoms with van der Waals surface area (Å²) in [7, 11) is 3.14. The molecule has 0 saturated heterocycles. The van der Waals surface area contributed by atoms with Crippen LogP contribution in [0.15, 0.2) is 59.7 Å². The van der Waals surface area contributed by atoms with Crippen molar-refractivity contribution in [2.45, 2.75) is 6.92 Å². The Morgan fingerprint density at radius 1 is 1.04 bits per heavy atom. The highest BCUT2D eigenvalue weighted by Gasteiger charge is 2.11. The van der Waals surface area contributed by atoms with Crippen LogP contribution in [0.3, 0.4) is 0 Å². The molecule has 7 nitrogen and oxygen atoms in total. The van der Waals surface area contributed by atoms with E-state index in [1.54, 1.807) is 39.3 Å². The van der Waals surface area contributed by atoms with E-state index in [1.165, 1.54) is 0 Å². The first-order chi connectivity index (χ1) is 13.1. The van der Waals surface area contributed by atoms with Crippen LogP contribution in [0.2, 0.25) is 0 Å². The predicted molar refractivity (Wildman–Crippen MR) is 103 cm³/mol. The third-order valence-electron chi connectivity index (χ3n) is 4.02. The van der Waals surface area contributed by atoms with Gasteiger partial charge in [-0.05, 0) is 31.2 Å². The fraction of sp³-hybridized carbons (Fsp3) is 0.150. The van der Waals surface area contributed by atoms with Crippen LogP contribution in [-0.2, 0) is 0 Å². The molecule has 2 aromatic carbocycles. The van der Waals surface area contributed by atoms with Gasteiger partial charge in [-0.1, -0.05) is 30.3 Å². The van der Waals surface area contributed by atoms with Crippen LogP contribution in [0.1, 0.15) is 23.0 Å². The van der Waals surface area contributed by atoms with Crippen LogP contribution in [0, 0.1) is 0 Å². The predicted octanol–water partition coefficient (Wildman–Crippen LogP) is 3.25. The second kappa shape index (κ2) is 8.18. The van der Waals surface area contributed by atoms with E-state index >= 15 is 0 Å². The summed E-state index contributed by atoms with van der Waals surface area (Å²) in [6.07, 6.45) is 0. The molecule has 0 atom stereocenters. The van der Waals surface area contributed by atoms with Gasteiger partial charge in [-0.3, -0.25) is 9.89 Å². The smallest absolute Gasteiger partial charge is 0.289 e. The first kappa shape index (κ1) is 18.2. The summed E-state index contributed by atoms with van der Waals surface area (Å²) in [5.41, 5.74) is 5.93. The molecular formula is C20H20N4O3. The molecule has 1 heterocycles. The Morgan fingerprint density at radius 2 is 1.78 bits per heavy atom. The molecule has 0 fully saturated rings. The molecule has 0 saturated carbocycles. The van der Waals surface area contributed by atoms with E-state index in [2.05, 4.69) is 20.7 Å². The van der Waals surface area contributed by atoms with Crippen molar-refractivity contribution in [3.8, 4) is 22.8 Å². The number of hydrogen-bond donors (Lipinski definition) is 2. The second-order valence-corrected chi connectivity index (χ2v) is 5.74. The molecule has 27 heavy (non-hydrogen) atoms. The van der Waals surface area contributed by atoms with Crippen molar-refractivity contribution in [1.82, 2.24) is 15.6 Å². The van der Waals surface area contributed by atoms with Crippen molar-refractivity contribution >= 4 is 11.6 Å². The van der Waals surface area contributed by atoms with Crippen molar-refractivity contribution < 1.29 is 14.3 Å². The number of hydrogen-bond acceptors (Lipinski definition) is 5. The molecule has 0 spiro atoms. The Hall–Kier alpha value is -3.61. The Morgan fingerprint density at radius 3 is 2.48 bits per heavy atom. The summed E-state index contributed by atoms with van der Waals surface area (Å²) >= 11 is 0. The fourth-order valence-electron chi connectivity index (χ4n) is 2.52. The Bertz CT molecular complexity index is 964. The van der Waals surface area contributed by atoms with Gasteiger partial charge in [0.05, 0.1) is 25.6 Å². The third-order valence-corrected chi connectivity index (χ3v) is 4.02. The molecular weight excluding hydrogens is 344 g/mol. The normalized spacial score (nSPS) is 11.1. The van der Waals surface area contributed by atoms with E-state index in [-0.39, 0.29) is 5.91 Å². The molecule has 0 aliphatic rings. The number of nitrogens with one attached hydrogen (secondary N) is 2. The number of hydrazone groups is 1. The molecule has 138 valence electrons. The number of ether oxygens (including phenoxy) is 2. The van der Waals surface area contributed by atoms with Gasteiger partial charge in [-0.2, -0.15) is 10.2 Å². The summed E-state index contributed by atoms with van der Waals surface area (Å²) in [4.78, 5) is 12.3. The third kappa shape index (κ3) is 4.14. The molecule has 3 rings (SSSR count). The van der Waals surface area contributed by atoms with Gasteiger partial charge in [0, 0.05) is 11.1 Å². The molecule has 0 radical (unpaired) electrons. The van der Waals surface area contributed by atoms with E-state index in [9.17, 15) is 4.79 Å². The number of H-pyrrole nitrogens is 1. The Balaban J connectivity index is 1.72. The molecule has 1 amide bonds. The summed E-state index contributed by atoms with van der Waals surface area (Å²) in [6, 6.07) is 16.7. The lowest BCUT2D eigenvalue weighted by Gasteiger charge is -2.09. The molecule has 1 aromatic heterocycles. The fourth-order valence-corrected chi connectivity index (χ4v) is 2.52. The van der Waals surface area contributed by atoms with Crippen molar-refractivity contribution in [3.63, 3.8) is 0 Å². The van der Waals surface area contributed by atoms with Gasteiger partial charge < -0.3 is 9.47 Å². The summed E-state index contributed by atoms with van der Waals surface area (Å²) in [5.74, 6) is 0.852. The Labute approximate surface area is 157 Å². The summed E-state index contributed by atoms with van der Waals surface area (Å²) < 4.78 is 10.5. The van der Waals surface area contributed by atoms with Gasteiger partial charge in [0.15, 0.2) is 11.5 Å². The maximum atomic E-state index is 12.3. The monoisotopic (exact) mass is 364 g/mol. The zero-order valence-corrected chi connectivity index (χ0v) is 15.3. The van der Waals surface area contributed by atoms with Gasteiger partial charge in [-0.15, -0.1) is 0 Å². The maximum absolute atomic E-state index is 12.3. The number of aromatic amines is 1. The van der Waals surface area contributed by atoms with Crippen molar-refractivity contribution in [2.75, 3.05) is 14.2 Å². The van der Waals surface area contributed by atoms with Crippen molar-refractivity contribution in [3.05, 3.63) is 65.9 Å². The number of methoxy groups -OCH3 is 2. The molecule has 0 aliphatic carbocycles. The molecule has 0 unspecified atom stereocenters. The van der Waals surface area contributed by atoms with Gasteiger partial charge in [0.25, 0.3) is 5.91 Å². The van der Waals surface area contributed by atoms with E-state index < -0.39 is 0 Å². The van der Waals surface area contributed by atoms with E-state index in [0.717, 1.165) is 11.1 Å². The van der Waals surface area contributed by atoms with E-state index in [0.29, 0.717) is 28.6 Å². The Kier molecular flexibility index (Phi) is 5.51. The number of amides is 1. The topological polar surface area (TPSA) is 88.6 Å². The number of rotatable bonds is 6. The maximum Gasteiger partial charge on any atom is 0.289 e. The van der Waals surface area contributed by atoms with Crippen LogP contribution in [-0.4, -0.2) is 36.0 Å². The first-order valence-corrected chi connectivity index (χ1v) is 8.30. The summed E-state index contributed by atoms with van der Waals surface area (Å²) in [6.45, 7) is 1.80. The lowest BCUT2D eigenvalue weighted by molar-refractivity contribution is 0.0950. The molecule has 0 bridgehead atoms. The molecule has 3 aromatic rings. The molecule has 0 aliphatic heterocycles. The number of benzene rings is 2. The van der Waals surface area contributed by atoms with Gasteiger partial charge in [0.2, 0.25) is 0 Å². The SMILES string of the molecule is COc1ccc(C(C)=NNC(=O)c2cc(-c3ccccc3)n[nH]2)cc1OC. The standard InChI is InChI=1S/C20H20N4O3/c1-13(15-9-10-18(26-2)19(11-15)27-3)21-24-20(25)17-12-16(22-23-17)14-7-5-4-6-8-14/h4-12H,1-3H3,(H,22,23)(H,24,25). The minimum atomic E-state index is -0.371. The minimum Gasteiger partial charge on any atom is -0.493 e. The average molecular weight is 364 g/mol. The highest BCUT2D eigenvalue weighted by Crippen LogP contribution is 2.27. The van der Waals surface area contributed by atoms with E-state index in [1.807, 2.05) is 36.4 Å². The zero-order chi connectivity index (χ0) is 19.2. The lowest BCUT2D eigenvalue weighted by atomic mass is 10.1. The number of carbonyl (C=O) groups is 1. The lowest BCUT2D eigenvalue weighted by Crippen LogP contribution is -2.19. The van der Waals surface area contributed by atoms with Crippen LogP contribution in [0.4, 0.5) is 0 Å². The van der Waals surface area contributed by atoms with Gasteiger partial charge in [-0.25, -0.2) is 5.43 Å². The van der Waals surface area contributed by atoms with Gasteiger partial charge in [0.1, 0.15) is 5.69 Å². The van der Waals surface area contributed by atoms with Crippen LogP contribution in [0.25, 0.3) is 11.3 Å². The summed E-state index contributed by atoms with van der Waals surface area (Å²) in [5, 5.41) is 11.1. The van der Waals surface area contributed by atoms with Crippen LogP contribution in [0.5, 0.6) is 11.5 Å². The minimum absolute atomic E-state index is 0.331. The highest BCUT2D eigenvalue weighted by atomic mass is 16.5. The van der Waals surface area contributed by atoms with Crippen molar-refractivity contribution in [2.24, 2.45) is 5.10 Å². The van der Waals surface area contributed by atoms with Crippen LogP contribution < -0.4 is 14.9 Å². The highest BCUT2D eigenvalue weighted by molar-refractivity contribution is 6.01.